The van der Waals surface area contributed by atoms with Gasteiger partial charge in [0.05, 0.1) is 5.60 Å². The number of rotatable bonds is 6. The Morgan fingerprint density at radius 3 is 2.42 bits per heavy atom. The number of nitrogens with two attached hydrogens (primary N) is 1. The minimum atomic E-state index is -0.258. The van der Waals surface area contributed by atoms with Crippen LogP contribution in [0.1, 0.15) is 52.4 Å². The van der Waals surface area contributed by atoms with Crippen molar-refractivity contribution in [3.8, 4) is 0 Å². The molecule has 2 aliphatic rings. The highest BCUT2D eigenvalue weighted by Gasteiger charge is 2.36. The summed E-state index contributed by atoms with van der Waals surface area (Å²) in [7, 11) is 0. The van der Waals surface area contributed by atoms with Gasteiger partial charge in [-0.15, -0.1) is 0 Å². The molecule has 3 N–H and O–H groups in total. The summed E-state index contributed by atoms with van der Waals surface area (Å²) in [4.78, 5) is 11.7. The highest BCUT2D eigenvalue weighted by Crippen LogP contribution is 2.37. The van der Waals surface area contributed by atoms with E-state index in [-0.39, 0.29) is 18.1 Å². The van der Waals surface area contributed by atoms with Crippen LogP contribution in [0.2, 0.25) is 0 Å². The van der Waals surface area contributed by atoms with Crippen LogP contribution in [0.3, 0.4) is 0 Å². The maximum Gasteiger partial charge on any atom is 0.246 e. The summed E-state index contributed by atoms with van der Waals surface area (Å²) in [5.74, 6) is 1.53. The molecule has 0 radical (unpaired) electrons. The molecular formula is C15H28N2O2. The van der Waals surface area contributed by atoms with E-state index in [9.17, 15) is 4.79 Å². The van der Waals surface area contributed by atoms with Crippen molar-refractivity contribution in [2.75, 3.05) is 13.2 Å². The molecular weight excluding hydrogens is 240 g/mol. The fourth-order valence-electron chi connectivity index (χ4n) is 2.96. The molecule has 0 aliphatic heterocycles. The monoisotopic (exact) mass is 268 g/mol. The highest BCUT2D eigenvalue weighted by molar-refractivity contribution is 5.77. The maximum atomic E-state index is 11.7. The standard InChI is InChI=1S/C15H28N2O2/c1-11(2)12-5-7-15(10-16,8-6-12)19-9-14(18)17-13-3-4-13/h11-13H,3-10,16H2,1-2H3,(H,17,18). The minimum Gasteiger partial charge on any atom is -0.364 e. The molecule has 2 saturated carbocycles. The first kappa shape index (κ1) is 14.8. The molecule has 0 bridgehead atoms. The van der Waals surface area contributed by atoms with Gasteiger partial charge in [0.25, 0.3) is 0 Å². The van der Waals surface area contributed by atoms with Crippen LogP contribution in [0.25, 0.3) is 0 Å². The van der Waals surface area contributed by atoms with Gasteiger partial charge < -0.3 is 15.8 Å². The zero-order valence-electron chi connectivity index (χ0n) is 12.3. The second kappa shape index (κ2) is 6.23. The average Bonchev–Trinajstić information content (AvgIpc) is 3.21. The van der Waals surface area contributed by atoms with Gasteiger partial charge in [0.15, 0.2) is 0 Å². The van der Waals surface area contributed by atoms with Crippen molar-refractivity contribution in [1.82, 2.24) is 5.32 Å². The molecule has 110 valence electrons. The molecule has 0 aromatic heterocycles. The normalized spacial score (nSPS) is 31.5. The molecule has 4 heteroatoms. The van der Waals surface area contributed by atoms with Crippen LogP contribution in [0.4, 0.5) is 0 Å². The quantitative estimate of drug-likeness (QED) is 0.772. The van der Waals surface area contributed by atoms with Gasteiger partial charge >= 0.3 is 0 Å². The second-order valence-corrected chi connectivity index (χ2v) is 6.60. The molecule has 0 spiro atoms. The Hall–Kier alpha value is -0.610. The summed E-state index contributed by atoms with van der Waals surface area (Å²) in [6.07, 6.45) is 6.54. The fraction of sp³-hybridized carbons (Fsp3) is 0.933. The number of carbonyl (C=O) groups excluding carboxylic acids is 1. The summed E-state index contributed by atoms with van der Waals surface area (Å²) in [5, 5.41) is 2.96. The predicted octanol–water partition coefficient (Wildman–Crippen LogP) is 1.83. The van der Waals surface area contributed by atoms with Crippen LogP contribution in [-0.2, 0) is 9.53 Å². The SMILES string of the molecule is CC(C)C1CCC(CN)(OCC(=O)NC2CC2)CC1. The summed E-state index contributed by atoms with van der Waals surface area (Å²) in [5.41, 5.74) is 5.65. The van der Waals surface area contributed by atoms with E-state index < -0.39 is 0 Å². The molecule has 0 aromatic rings. The lowest BCUT2D eigenvalue weighted by Crippen LogP contribution is -2.46. The molecule has 0 unspecified atom stereocenters. The lowest BCUT2D eigenvalue weighted by molar-refractivity contribution is -0.136. The number of ether oxygens (including phenoxy) is 1. The zero-order chi connectivity index (χ0) is 13.9. The van der Waals surface area contributed by atoms with Crippen molar-refractivity contribution >= 4 is 5.91 Å². The van der Waals surface area contributed by atoms with Crippen molar-refractivity contribution < 1.29 is 9.53 Å². The number of amides is 1. The van der Waals surface area contributed by atoms with Crippen molar-refractivity contribution in [2.45, 2.75) is 64.0 Å². The van der Waals surface area contributed by atoms with Crippen LogP contribution < -0.4 is 11.1 Å². The van der Waals surface area contributed by atoms with E-state index >= 15 is 0 Å². The van der Waals surface area contributed by atoms with E-state index in [1.54, 1.807) is 0 Å². The molecule has 0 heterocycles. The molecule has 4 nitrogen and oxygen atoms in total. The van der Waals surface area contributed by atoms with Gasteiger partial charge in [-0.2, -0.15) is 0 Å². The van der Waals surface area contributed by atoms with E-state index in [2.05, 4.69) is 19.2 Å². The van der Waals surface area contributed by atoms with Gasteiger partial charge in [-0.3, -0.25) is 4.79 Å². The molecule has 2 rings (SSSR count). The number of nitrogens with one attached hydrogen (secondary N) is 1. The Balaban J connectivity index is 1.77. The summed E-state index contributed by atoms with van der Waals surface area (Å²) >= 11 is 0. The van der Waals surface area contributed by atoms with E-state index in [1.165, 1.54) is 12.8 Å². The molecule has 2 aliphatic carbocycles. The van der Waals surface area contributed by atoms with Crippen LogP contribution >= 0.6 is 0 Å². The van der Waals surface area contributed by atoms with Crippen molar-refractivity contribution in [3.63, 3.8) is 0 Å². The Kier molecular flexibility index (Phi) is 4.85. The van der Waals surface area contributed by atoms with Crippen molar-refractivity contribution in [1.29, 1.82) is 0 Å². The van der Waals surface area contributed by atoms with Crippen LogP contribution in [0, 0.1) is 11.8 Å². The number of hydrogen-bond donors (Lipinski definition) is 2. The number of carbonyl (C=O) groups is 1. The predicted molar refractivity (Wildman–Crippen MR) is 75.7 cm³/mol. The summed E-state index contributed by atoms with van der Waals surface area (Å²) < 4.78 is 5.90. The lowest BCUT2D eigenvalue weighted by atomic mass is 9.74. The largest absolute Gasteiger partial charge is 0.364 e. The van der Waals surface area contributed by atoms with Crippen molar-refractivity contribution in [2.24, 2.45) is 17.6 Å². The Morgan fingerprint density at radius 1 is 1.32 bits per heavy atom. The first-order valence-electron chi connectivity index (χ1n) is 7.68. The maximum absolute atomic E-state index is 11.7. The lowest BCUT2D eigenvalue weighted by Gasteiger charge is -2.40. The van der Waals surface area contributed by atoms with Gasteiger partial charge in [0.1, 0.15) is 6.61 Å². The third-order valence-corrected chi connectivity index (χ3v) is 4.71. The summed E-state index contributed by atoms with van der Waals surface area (Å²) in [6.45, 7) is 5.25. The van der Waals surface area contributed by atoms with Gasteiger partial charge in [-0.25, -0.2) is 0 Å². The molecule has 0 atom stereocenters. The van der Waals surface area contributed by atoms with Gasteiger partial charge in [-0.1, -0.05) is 13.8 Å². The highest BCUT2D eigenvalue weighted by atomic mass is 16.5. The van der Waals surface area contributed by atoms with Crippen molar-refractivity contribution in [3.05, 3.63) is 0 Å². The Morgan fingerprint density at radius 2 is 1.95 bits per heavy atom. The van der Waals surface area contributed by atoms with Gasteiger partial charge in [-0.05, 0) is 50.4 Å². The van der Waals surface area contributed by atoms with Gasteiger partial charge in [0, 0.05) is 12.6 Å². The molecule has 0 saturated heterocycles. The van der Waals surface area contributed by atoms with Crippen LogP contribution in [0.15, 0.2) is 0 Å². The van der Waals surface area contributed by atoms with Gasteiger partial charge in [0.2, 0.25) is 5.91 Å². The molecule has 19 heavy (non-hydrogen) atoms. The van der Waals surface area contributed by atoms with E-state index in [0.717, 1.165) is 37.5 Å². The molecule has 1 amide bonds. The Labute approximate surface area is 116 Å². The van der Waals surface area contributed by atoms with E-state index in [0.29, 0.717) is 12.6 Å². The number of hydrogen-bond acceptors (Lipinski definition) is 3. The summed E-state index contributed by atoms with van der Waals surface area (Å²) in [6, 6.07) is 0.404. The smallest absolute Gasteiger partial charge is 0.246 e. The fourth-order valence-corrected chi connectivity index (χ4v) is 2.96. The molecule has 2 fully saturated rings. The van der Waals surface area contributed by atoms with Crippen LogP contribution in [-0.4, -0.2) is 30.7 Å². The topological polar surface area (TPSA) is 64.3 Å². The van der Waals surface area contributed by atoms with E-state index in [1.807, 2.05) is 0 Å². The van der Waals surface area contributed by atoms with Crippen LogP contribution in [0.5, 0.6) is 0 Å². The third kappa shape index (κ3) is 4.18. The second-order valence-electron chi connectivity index (χ2n) is 6.60. The zero-order valence-corrected chi connectivity index (χ0v) is 12.3. The first-order chi connectivity index (χ1) is 9.04. The minimum absolute atomic E-state index is 0.0151. The first-order valence-corrected chi connectivity index (χ1v) is 7.68. The van der Waals surface area contributed by atoms with E-state index in [4.69, 9.17) is 10.5 Å². The molecule has 0 aromatic carbocycles. The average molecular weight is 268 g/mol. The third-order valence-electron chi connectivity index (χ3n) is 4.71. The Bertz CT molecular complexity index is 305.